The van der Waals surface area contributed by atoms with E-state index in [9.17, 15) is 9.59 Å². The third-order valence-corrected chi connectivity index (χ3v) is 10.4. The molecule has 268 valence electrons. The van der Waals surface area contributed by atoms with Crippen molar-refractivity contribution >= 4 is 40.5 Å². The average molecular weight is 708 g/mol. The van der Waals surface area contributed by atoms with Gasteiger partial charge in [-0.2, -0.15) is 10.1 Å². The van der Waals surface area contributed by atoms with Gasteiger partial charge in [0.05, 0.1) is 5.69 Å². The quantitative estimate of drug-likeness (QED) is 0.150. The van der Waals surface area contributed by atoms with Crippen molar-refractivity contribution in [3.05, 3.63) is 118 Å². The van der Waals surface area contributed by atoms with Crippen molar-refractivity contribution < 1.29 is 19.1 Å². The predicted octanol–water partition coefficient (Wildman–Crippen LogP) is 10.3. The van der Waals surface area contributed by atoms with E-state index in [-0.39, 0.29) is 22.6 Å². The molecule has 1 aliphatic heterocycles. The molecule has 1 aliphatic rings. The summed E-state index contributed by atoms with van der Waals surface area (Å²) in [6, 6.07) is 26.5. The molecule has 8 heteroatoms. The summed E-state index contributed by atoms with van der Waals surface area (Å²) in [7, 11) is 0. The minimum Gasteiger partial charge on any atom is -0.480 e. The van der Waals surface area contributed by atoms with Gasteiger partial charge < -0.3 is 14.8 Å². The number of hydrogen-bond donors (Lipinski definition) is 1. The molecule has 51 heavy (non-hydrogen) atoms. The van der Waals surface area contributed by atoms with Crippen molar-refractivity contribution in [1.82, 2.24) is 0 Å². The molecule has 0 aliphatic carbocycles. The summed E-state index contributed by atoms with van der Waals surface area (Å²) in [6.45, 7) is 19.1. The SMILES string of the molecule is CCC(Oc1ccc(C(C)(C)CC)cc1C(C)(C)CC)C(=O)Nc1ccc(N2N=C(c3ccc(Cl)cc3)C(Oc3ccc(C)cc3)C2=O)c(C)c1. The van der Waals surface area contributed by atoms with Crippen LogP contribution >= 0.6 is 11.6 Å². The molecule has 0 fully saturated rings. The Morgan fingerprint density at radius 1 is 0.882 bits per heavy atom. The minimum absolute atomic E-state index is 0.0279. The minimum atomic E-state index is -0.959. The van der Waals surface area contributed by atoms with Crippen molar-refractivity contribution in [3.8, 4) is 11.5 Å². The van der Waals surface area contributed by atoms with Gasteiger partial charge in [-0.05, 0) is 104 Å². The number of hydrazone groups is 1. The van der Waals surface area contributed by atoms with E-state index in [1.165, 1.54) is 10.6 Å². The number of carbonyl (C=O) groups excluding carboxylic acids is 2. The summed E-state index contributed by atoms with van der Waals surface area (Å²) >= 11 is 6.16. The van der Waals surface area contributed by atoms with Crippen LogP contribution in [0.2, 0.25) is 5.02 Å². The molecule has 0 aromatic heterocycles. The second-order valence-corrected chi connectivity index (χ2v) is 15.1. The Bertz CT molecular complexity index is 1910. The molecule has 1 N–H and O–H groups in total. The van der Waals surface area contributed by atoms with Gasteiger partial charge in [-0.1, -0.05) is 102 Å². The van der Waals surface area contributed by atoms with Crippen molar-refractivity contribution in [3.63, 3.8) is 0 Å². The standard InChI is InChI=1S/C43H50ClN3O4/c1-10-36(51-37-24-17-30(42(6,7)11-2)26-34(37)43(8,9)12-3)40(48)45-32-20-23-35(28(5)25-32)47-41(49)39(50-33-21-13-27(4)14-22-33)38(46-47)29-15-18-31(44)19-16-29/h13-26,36,39H,10-12H2,1-9H3,(H,45,48). The molecule has 0 bridgehead atoms. The van der Waals surface area contributed by atoms with E-state index >= 15 is 0 Å². The summed E-state index contributed by atoms with van der Waals surface area (Å²) in [5.41, 5.74) is 6.49. The topological polar surface area (TPSA) is 80.2 Å². The van der Waals surface area contributed by atoms with Crippen LogP contribution in [0.3, 0.4) is 0 Å². The first kappa shape index (κ1) is 37.6. The highest BCUT2D eigenvalue weighted by molar-refractivity contribution is 6.31. The number of anilines is 2. The van der Waals surface area contributed by atoms with Crippen molar-refractivity contribution in [2.75, 3.05) is 10.3 Å². The molecule has 0 radical (unpaired) electrons. The van der Waals surface area contributed by atoms with Gasteiger partial charge in [-0.25, -0.2) is 0 Å². The van der Waals surface area contributed by atoms with Crippen LogP contribution in [-0.2, 0) is 20.4 Å². The lowest BCUT2D eigenvalue weighted by atomic mass is 9.76. The first-order chi connectivity index (χ1) is 24.2. The number of halogens is 1. The Hall–Kier alpha value is -4.62. The summed E-state index contributed by atoms with van der Waals surface area (Å²) in [6.07, 6.45) is 0.773. The van der Waals surface area contributed by atoms with Crippen LogP contribution in [0.4, 0.5) is 11.4 Å². The molecule has 0 saturated carbocycles. The van der Waals surface area contributed by atoms with Crippen LogP contribution in [0.1, 0.15) is 95.5 Å². The van der Waals surface area contributed by atoms with Gasteiger partial charge in [-0.3, -0.25) is 9.59 Å². The molecular weight excluding hydrogens is 658 g/mol. The van der Waals surface area contributed by atoms with E-state index in [2.05, 4.69) is 59.0 Å². The van der Waals surface area contributed by atoms with Gasteiger partial charge in [-0.15, -0.1) is 0 Å². The summed E-state index contributed by atoms with van der Waals surface area (Å²) in [5.74, 6) is 0.736. The second-order valence-electron chi connectivity index (χ2n) is 14.6. The van der Waals surface area contributed by atoms with Gasteiger partial charge in [0, 0.05) is 21.8 Å². The van der Waals surface area contributed by atoms with Crippen LogP contribution < -0.4 is 19.8 Å². The number of hydrogen-bond acceptors (Lipinski definition) is 5. The summed E-state index contributed by atoms with van der Waals surface area (Å²) in [4.78, 5) is 27.6. The molecule has 2 amide bonds. The Morgan fingerprint density at radius 3 is 2.16 bits per heavy atom. The van der Waals surface area contributed by atoms with E-state index in [4.69, 9.17) is 26.2 Å². The maximum atomic E-state index is 13.9. The molecule has 0 saturated heterocycles. The van der Waals surface area contributed by atoms with Crippen molar-refractivity contribution in [2.24, 2.45) is 5.10 Å². The fourth-order valence-electron chi connectivity index (χ4n) is 5.95. The second kappa shape index (κ2) is 15.3. The van der Waals surface area contributed by atoms with Crippen LogP contribution in [0.15, 0.2) is 90.0 Å². The zero-order chi connectivity index (χ0) is 37.1. The number of aryl methyl sites for hydroxylation is 2. The van der Waals surface area contributed by atoms with E-state index in [0.717, 1.165) is 40.8 Å². The predicted molar refractivity (Wildman–Crippen MR) is 209 cm³/mol. The lowest BCUT2D eigenvalue weighted by Crippen LogP contribution is -2.37. The molecule has 4 aromatic carbocycles. The normalized spacial score (nSPS) is 15.4. The van der Waals surface area contributed by atoms with E-state index in [1.54, 1.807) is 24.3 Å². The van der Waals surface area contributed by atoms with Crippen molar-refractivity contribution in [2.45, 2.75) is 105 Å². The largest absolute Gasteiger partial charge is 0.480 e. The number of rotatable bonds is 13. The first-order valence-electron chi connectivity index (χ1n) is 17.8. The highest BCUT2D eigenvalue weighted by Crippen LogP contribution is 2.39. The van der Waals surface area contributed by atoms with Gasteiger partial charge in [0.2, 0.25) is 6.10 Å². The number of ether oxygens (including phenoxy) is 2. The lowest BCUT2D eigenvalue weighted by molar-refractivity contribution is -0.123. The Morgan fingerprint density at radius 2 is 1.55 bits per heavy atom. The first-order valence-corrected chi connectivity index (χ1v) is 18.2. The molecule has 4 aromatic rings. The average Bonchev–Trinajstić information content (AvgIpc) is 3.43. The fourth-order valence-corrected chi connectivity index (χ4v) is 6.07. The highest BCUT2D eigenvalue weighted by atomic mass is 35.5. The smallest absolute Gasteiger partial charge is 0.294 e. The lowest BCUT2D eigenvalue weighted by Gasteiger charge is -2.31. The third kappa shape index (κ3) is 8.31. The number of nitrogens with zero attached hydrogens (tertiary/aromatic N) is 2. The molecule has 2 atom stereocenters. The van der Waals surface area contributed by atoms with Crippen molar-refractivity contribution in [1.29, 1.82) is 0 Å². The number of nitrogens with one attached hydrogen (secondary N) is 1. The molecular formula is C43H50ClN3O4. The summed E-state index contributed by atoms with van der Waals surface area (Å²) < 4.78 is 12.7. The highest BCUT2D eigenvalue weighted by Gasteiger charge is 2.40. The molecule has 1 heterocycles. The molecule has 7 nitrogen and oxygen atoms in total. The molecule has 2 unspecified atom stereocenters. The fraction of sp³-hybridized carbons (Fsp3) is 0.372. The maximum absolute atomic E-state index is 13.9. The number of amides is 2. The van der Waals surface area contributed by atoms with E-state index < -0.39 is 12.2 Å². The third-order valence-electron chi connectivity index (χ3n) is 10.2. The van der Waals surface area contributed by atoms with Gasteiger partial charge >= 0.3 is 0 Å². The van der Waals surface area contributed by atoms with E-state index in [1.807, 2.05) is 69.3 Å². The molecule has 0 spiro atoms. The number of benzene rings is 4. The molecule has 5 rings (SSSR count). The Balaban J connectivity index is 1.38. The Labute approximate surface area is 308 Å². The van der Waals surface area contributed by atoms with Crippen LogP contribution in [0.5, 0.6) is 11.5 Å². The Kier molecular flexibility index (Phi) is 11.3. The zero-order valence-corrected chi connectivity index (χ0v) is 32.0. The summed E-state index contributed by atoms with van der Waals surface area (Å²) in [5, 5.41) is 9.77. The van der Waals surface area contributed by atoms with E-state index in [0.29, 0.717) is 34.3 Å². The van der Waals surface area contributed by atoms with Gasteiger partial charge in [0.15, 0.2) is 6.10 Å². The zero-order valence-electron chi connectivity index (χ0n) is 31.3. The monoisotopic (exact) mass is 707 g/mol. The van der Waals surface area contributed by atoms with Crippen LogP contribution in [-0.4, -0.2) is 29.7 Å². The maximum Gasteiger partial charge on any atom is 0.294 e. The van der Waals surface area contributed by atoms with Crippen LogP contribution in [0.25, 0.3) is 0 Å². The van der Waals surface area contributed by atoms with Crippen LogP contribution in [0, 0.1) is 13.8 Å². The number of carbonyl (C=O) groups is 2. The van der Waals surface area contributed by atoms with Gasteiger partial charge in [0.25, 0.3) is 11.8 Å². The van der Waals surface area contributed by atoms with Gasteiger partial charge in [0.1, 0.15) is 17.2 Å².